The normalized spacial score (nSPS) is 10.2. The maximum atomic E-state index is 5.36. The summed E-state index contributed by atoms with van der Waals surface area (Å²) in [6.07, 6.45) is 0.966. The number of hydrogen-bond acceptors (Lipinski definition) is 1. The average molecular weight is 414 g/mol. The van der Waals surface area contributed by atoms with E-state index in [0.717, 1.165) is 26.7 Å². The summed E-state index contributed by atoms with van der Waals surface area (Å²) < 4.78 is 1.98. The largest absolute Gasteiger partial charge is 0.332 e. The summed E-state index contributed by atoms with van der Waals surface area (Å²) >= 11 is 12.3. The van der Waals surface area contributed by atoms with Crippen LogP contribution in [0, 0.1) is 0 Å². The van der Waals surface area contributed by atoms with Gasteiger partial charge in [-0.1, -0.05) is 41.1 Å². The van der Waals surface area contributed by atoms with E-state index in [-0.39, 0.29) is 0 Å². The minimum atomic E-state index is 0.578. The molecule has 0 bridgehead atoms. The number of halogens is 2. The van der Waals surface area contributed by atoms with Crippen LogP contribution in [0.2, 0.25) is 0 Å². The number of thiocarbonyl (C=S) groups is 1. The molecule has 0 fully saturated rings. The molecule has 2 aromatic carbocycles. The third kappa shape index (κ3) is 4.04. The molecule has 0 saturated carbocycles. The molecule has 0 spiro atoms. The van der Waals surface area contributed by atoms with Crippen molar-refractivity contribution in [2.45, 2.75) is 13.3 Å². The van der Waals surface area contributed by atoms with E-state index in [9.17, 15) is 0 Å². The van der Waals surface area contributed by atoms with Gasteiger partial charge >= 0.3 is 0 Å². The molecule has 0 aliphatic carbocycles. The second kappa shape index (κ2) is 7.20. The van der Waals surface area contributed by atoms with Gasteiger partial charge in [-0.05, 0) is 64.4 Å². The molecular weight excluding hydrogens is 400 g/mol. The van der Waals surface area contributed by atoms with Gasteiger partial charge in [0.1, 0.15) is 0 Å². The summed E-state index contributed by atoms with van der Waals surface area (Å²) in [6, 6.07) is 14.1. The number of nitrogens with one attached hydrogen (secondary N) is 2. The van der Waals surface area contributed by atoms with Crippen molar-refractivity contribution >= 4 is 60.6 Å². The van der Waals surface area contributed by atoms with Gasteiger partial charge in [0.05, 0.1) is 5.69 Å². The summed E-state index contributed by atoms with van der Waals surface area (Å²) in [7, 11) is 0. The van der Waals surface area contributed by atoms with Gasteiger partial charge in [0.2, 0.25) is 0 Å². The predicted molar refractivity (Wildman–Crippen MR) is 97.5 cm³/mol. The van der Waals surface area contributed by atoms with Crippen LogP contribution in [0.5, 0.6) is 0 Å². The molecular formula is C15H14Br2N2S. The van der Waals surface area contributed by atoms with Crippen molar-refractivity contribution < 1.29 is 0 Å². The van der Waals surface area contributed by atoms with E-state index >= 15 is 0 Å². The molecule has 2 nitrogen and oxygen atoms in total. The maximum absolute atomic E-state index is 5.36. The smallest absolute Gasteiger partial charge is 0.175 e. The van der Waals surface area contributed by atoms with Gasteiger partial charge in [0.25, 0.3) is 0 Å². The quantitative estimate of drug-likeness (QED) is 0.642. The van der Waals surface area contributed by atoms with Crippen LogP contribution in [0.4, 0.5) is 11.4 Å². The van der Waals surface area contributed by atoms with Crippen LogP contribution < -0.4 is 10.6 Å². The number of anilines is 2. The van der Waals surface area contributed by atoms with Crippen molar-refractivity contribution in [3.05, 3.63) is 57.0 Å². The number of rotatable bonds is 3. The molecule has 2 N–H and O–H groups in total. The highest BCUT2D eigenvalue weighted by Crippen LogP contribution is 2.26. The van der Waals surface area contributed by atoms with Crippen LogP contribution in [0.15, 0.2) is 51.4 Å². The Bertz CT molecular complexity index is 629. The molecule has 0 aliphatic rings. The Labute approximate surface area is 141 Å². The first kappa shape index (κ1) is 15.5. The Morgan fingerprint density at radius 1 is 1.05 bits per heavy atom. The maximum Gasteiger partial charge on any atom is 0.175 e. The van der Waals surface area contributed by atoms with E-state index in [1.807, 2.05) is 36.4 Å². The van der Waals surface area contributed by atoms with Gasteiger partial charge in [-0.15, -0.1) is 0 Å². The summed E-state index contributed by atoms with van der Waals surface area (Å²) in [4.78, 5) is 0. The molecule has 0 radical (unpaired) electrons. The standard InChI is InChI=1S/C15H14Br2N2S/c1-2-10-5-3-4-6-13(10)18-15(20)19-14-8-7-11(16)9-12(14)17/h3-9H,2H2,1H3,(H2,18,19,20). The highest BCUT2D eigenvalue weighted by molar-refractivity contribution is 9.11. The molecule has 0 atom stereocenters. The highest BCUT2D eigenvalue weighted by Gasteiger charge is 2.05. The van der Waals surface area contributed by atoms with E-state index in [0.29, 0.717) is 5.11 Å². The Hall–Kier alpha value is -0.910. The minimum Gasteiger partial charge on any atom is -0.332 e. The summed E-state index contributed by atoms with van der Waals surface area (Å²) in [6.45, 7) is 2.13. The SMILES string of the molecule is CCc1ccccc1NC(=S)Nc1ccc(Br)cc1Br. The van der Waals surface area contributed by atoms with Crippen LogP contribution in [-0.2, 0) is 6.42 Å². The van der Waals surface area contributed by atoms with Crippen LogP contribution in [0.25, 0.3) is 0 Å². The van der Waals surface area contributed by atoms with Crippen molar-refractivity contribution in [3.63, 3.8) is 0 Å². The zero-order valence-electron chi connectivity index (χ0n) is 10.9. The molecule has 2 aromatic rings. The fraction of sp³-hybridized carbons (Fsp3) is 0.133. The van der Waals surface area contributed by atoms with E-state index in [1.165, 1.54) is 5.56 Å². The predicted octanol–water partition coefficient (Wildman–Crippen LogP) is 5.58. The monoisotopic (exact) mass is 412 g/mol. The molecule has 0 unspecified atom stereocenters. The second-order valence-electron chi connectivity index (χ2n) is 4.21. The van der Waals surface area contributed by atoms with E-state index < -0.39 is 0 Å². The van der Waals surface area contributed by atoms with Gasteiger partial charge < -0.3 is 10.6 Å². The topological polar surface area (TPSA) is 24.1 Å². The molecule has 20 heavy (non-hydrogen) atoms. The second-order valence-corrected chi connectivity index (χ2v) is 6.39. The van der Waals surface area contributed by atoms with Crippen molar-refractivity contribution in [3.8, 4) is 0 Å². The van der Waals surface area contributed by atoms with Crippen molar-refractivity contribution in [1.82, 2.24) is 0 Å². The Morgan fingerprint density at radius 2 is 1.75 bits per heavy atom. The molecule has 104 valence electrons. The van der Waals surface area contributed by atoms with Crippen LogP contribution in [-0.4, -0.2) is 5.11 Å². The molecule has 0 aromatic heterocycles. The zero-order chi connectivity index (χ0) is 14.5. The lowest BCUT2D eigenvalue weighted by atomic mass is 10.1. The number of hydrogen-bond donors (Lipinski definition) is 2. The van der Waals surface area contributed by atoms with Crippen molar-refractivity contribution in [1.29, 1.82) is 0 Å². The summed E-state index contributed by atoms with van der Waals surface area (Å²) in [5.74, 6) is 0. The molecule has 0 aliphatic heterocycles. The molecule has 2 rings (SSSR count). The molecule has 0 amide bonds. The van der Waals surface area contributed by atoms with Gasteiger partial charge in [0, 0.05) is 14.6 Å². The van der Waals surface area contributed by atoms with Gasteiger partial charge in [-0.25, -0.2) is 0 Å². The number of benzene rings is 2. The van der Waals surface area contributed by atoms with Crippen LogP contribution >= 0.6 is 44.1 Å². The first-order chi connectivity index (χ1) is 9.60. The molecule has 0 heterocycles. The van der Waals surface area contributed by atoms with Gasteiger partial charge in [0.15, 0.2) is 5.11 Å². The highest BCUT2D eigenvalue weighted by atomic mass is 79.9. The van der Waals surface area contributed by atoms with Crippen molar-refractivity contribution in [2.75, 3.05) is 10.6 Å². The molecule has 5 heteroatoms. The lowest BCUT2D eigenvalue weighted by Gasteiger charge is -2.14. The average Bonchev–Trinajstić information content (AvgIpc) is 2.42. The third-order valence-electron chi connectivity index (χ3n) is 2.83. The Kier molecular flexibility index (Phi) is 5.57. The minimum absolute atomic E-state index is 0.578. The van der Waals surface area contributed by atoms with Crippen LogP contribution in [0.3, 0.4) is 0 Å². The Morgan fingerprint density at radius 3 is 2.45 bits per heavy atom. The summed E-state index contributed by atoms with van der Waals surface area (Å²) in [5.41, 5.74) is 3.21. The third-order valence-corrected chi connectivity index (χ3v) is 4.18. The fourth-order valence-corrected chi connectivity index (χ4v) is 3.18. The van der Waals surface area contributed by atoms with Gasteiger partial charge in [-0.3, -0.25) is 0 Å². The van der Waals surface area contributed by atoms with E-state index in [4.69, 9.17) is 12.2 Å². The van der Waals surface area contributed by atoms with E-state index in [1.54, 1.807) is 0 Å². The fourth-order valence-electron chi connectivity index (χ4n) is 1.82. The summed E-state index contributed by atoms with van der Waals surface area (Å²) in [5, 5.41) is 7.01. The van der Waals surface area contributed by atoms with E-state index in [2.05, 4.69) is 55.5 Å². The Balaban J connectivity index is 2.09. The molecule has 0 saturated heterocycles. The number of para-hydroxylation sites is 1. The lowest BCUT2D eigenvalue weighted by Crippen LogP contribution is -2.20. The first-order valence-electron chi connectivity index (χ1n) is 6.21. The number of aryl methyl sites for hydroxylation is 1. The van der Waals surface area contributed by atoms with Crippen molar-refractivity contribution in [2.24, 2.45) is 0 Å². The zero-order valence-corrected chi connectivity index (χ0v) is 14.9. The van der Waals surface area contributed by atoms with Gasteiger partial charge in [-0.2, -0.15) is 0 Å². The first-order valence-corrected chi connectivity index (χ1v) is 8.20. The lowest BCUT2D eigenvalue weighted by molar-refractivity contribution is 1.14. The van der Waals surface area contributed by atoms with Crippen LogP contribution in [0.1, 0.15) is 12.5 Å².